The average Bonchev–Trinajstić information content (AvgIpc) is 1.52. The fourth-order valence-corrected chi connectivity index (χ4v) is 6.55. The molecule has 0 fully saturated rings. The van der Waals surface area contributed by atoms with E-state index < -0.39 is 26.1 Å². The Labute approximate surface area is 78.0 Å². The molecule has 0 saturated carbocycles. The third-order valence-electron chi connectivity index (χ3n) is 1.32. The fraction of sp³-hybridized carbons (Fsp3) is 1.00. The van der Waals surface area contributed by atoms with Crippen LogP contribution >= 0.6 is 0 Å². The molecule has 1 N–H and O–H groups in total. The van der Waals surface area contributed by atoms with E-state index >= 15 is 0 Å². The van der Waals surface area contributed by atoms with Gasteiger partial charge in [-0.3, -0.25) is 0 Å². The molecule has 0 aliphatic heterocycles. The second-order valence-electron chi connectivity index (χ2n) is 5.05. The molecule has 12 heavy (non-hydrogen) atoms. The Morgan fingerprint density at radius 1 is 1.08 bits per heavy atom. The second-order valence-corrected chi connectivity index (χ2v) is 23.4. The standard InChI is InChI=1S/C7H19AsF2NSi/c1-7(2,3)11-8(9,10)12(4,5)6/h11H,1-6H3. The third-order valence-corrected chi connectivity index (χ3v) is 16.2. The Kier molecular flexibility index (Phi) is 3.56. The van der Waals surface area contributed by atoms with Gasteiger partial charge in [-0.2, -0.15) is 0 Å². The zero-order chi connectivity index (χ0) is 10.2. The van der Waals surface area contributed by atoms with E-state index in [9.17, 15) is 6.93 Å². The van der Waals surface area contributed by atoms with Crippen molar-refractivity contribution >= 4 is 20.6 Å². The number of hydrogen-bond acceptors (Lipinski definition) is 1. The SMILES string of the molecule is CC(C)(C)N[As](F)(F)[Si](C)(C)C. The van der Waals surface area contributed by atoms with Gasteiger partial charge in [0.25, 0.3) is 0 Å². The van der Waals surface area contributed by atoms with E-state index in [1.165, 1.54) is 0 Å². The van der Waals surface area contributed by atoms with Crippen LogP contribution in [-0.4, -0.2) is 26.1 Å². The summed E-state index contributed by atoms with van der Waals surface area (Å²) in [6.45, 7) is 8.32. The molecule has 0 spiro atoms. The van der Waals surface area contributed by atoms with Gasteiger partial charge in [0.2, 0.25) is 0 Å². The van der Waals surface area contributed by atoms with Crippen LogP contribution in [0.1, 0.15) is 20.8 Å². The van der Waals surface area contributed by atoms with E-state index in [0.29, 0.717) is 0 Å². The molecule has 5 heteroatoms. The molecule has 1 radical (unpaired) electrons. The van der Waals surface area contributed by atoms with Gasteiger partial charge < -0.3 is 0 Å². The van der Waals surface area contributed by atoms with E-state index in [-0.39, 0.29) is 0 Å². The van der Waals surface area contributed by atoms with Crippen molar-refractivity contribution in [1.82, 2.24) is 4.23 Å². The van der Waals surface area contributed by atoms with Crippen molar-refractivity contribution in [2.24, 2.45) is 0 Å². The summed E-state index contributed by atoms with van der Waals surface area (Å²) >= 11 is -4.50. The van der Waals surface area contributed by atoms with Gasteiger partial charge in [0.05, 0.1) is 0 Å². The Morgan fingerprint density at radius 3 is 1.50 bits per heavy atom. The molecule has 0 aliphatic rings. The molecule has 0 saturated heterocycles. The number of rotatable bonds is 2. The molecule has 0 aromatic rings. The summed E-state index contributed by atoms with van der Waals surface area (Å²) in [5.74, 6) is 0. The summed E-state index contributed by atoms with van der Waals surface area (Å²) in [6.07, 6.45) is 0. The third kappa shape index (κ3) is 4.01. The van der Waals surface area contributed by atoms with Crippen LogP contribution in [0.4, 0.5) is 6.93 Å². The van der Waals surface area contributed by atoms with Crippen LogP contribution in [0.5, 0.6) is 0 Å². The molecule has 0 aliphatic carbocycles. The Morgan fingerprint density at radius 2 is 1.42 bits per heavy atom. The van der Waals surface area contributed by atoms with Crippen molar-refractivity contribution in [2.75, 3.05) is 0 Å². The monoisotopic (exact) mass is 258 g/mol. The average molecular weight is 258 g/mol. The van der Waals surface area contributed by atoms with Crippen LogP contribution in [0, 0.1) is 0 Å². The molecule has 0 atom stereocenters. The molecule has 0 aromatic heterocycles. The minimum absolute atomic E-state index is 0.448. The number of halogens is 2. The Hall–Kier alpha value is 0.595. The first kappa shape index (κ1) is 12.6. The van der Waals surface area contributed by atoms with Gasteiger partial charge in [-0.1, -0.05) is 0 Å². The molecule has 75 valence electrons. The molecular weight excluding hydrogens is 239 g/mol. The normalized spacial score (nSPS) is 15.0. The van der Waals surface area contributed by atoms with Crippen LogP contribution in [0.15, 0.2) is 0 Å². The summed E-state index contributed by atoms with van der Waals surface area (Å²) in [7, 11) is 0. The molecule has 1 nitrogen and oxygen atoms in total. The van der Waals surface area contributed by atoms with E-state index in [4.69, 9.17) is 0 Å². The van der Waals surface area contributed by atoms with Crippen molar-refractivity contribution in [3.63, 3.8) is 0 Å². The summed E-state index contributed by atoms with van der Waals surface area (Å²) in [5.41, 5.74) is -0.448. The second kappa shape index (κ2) is 3.39. The molecule has 0 bridgehead atoms. The van der Waals surface area contributed by atoms with Crippen LogP contribution in [0.3, 0.4) is 0 Å². The first-order valence-electron chi connectivity index (χ1n) is 4.04. The Balaban J connectivity index is 4.44. The van der Waals surface area contributed by atoms with Gasteiger partial charge in [0.1, 0.15) is 0 Å². The molecule has 0 amide bonds. The van der Waals surface area contributed by atoms with Gasteiger partial charge in [0.15, 0.2) is 0 Å². The van der Waals surface area contributed by atoms with Crippen LogP contribution < -0.4 is 4.23 Å². The van der Waals surface area contributed by atoms with Crippen LogP contribution in [0.25, 0.3) is 0 Å². The molecule has 0 heterocycles. The maximum atomic E-state index is 13.5. The number of hydrogen-bond donors (Lipinski definition) is 1. The van der Waals surface area contributed by atoms with E-state index in [1.807, 2.05) is 0 Å². The van der Waals surface area contributed by atoms with Crippen molar-refractivity contribution in [2.45, 2.75) is 46.0 Å². The van der Waals surface area contributed by atoms with Crippen molar-refractivity contribution in [1.29, 1.82) is 0 Å². The summed E-state index contributed by atoms with van der Waals surface area (Å²) < 4.78 is 29.6. The van der Waals surface area contributed by atoms with Gasteiger partial charge >= 0.3 is 77.7 Å². The van der Waals surface area contributed by atoms with Crippen LogP contribution in [-0.2, 0) is 0 Å². The zero-order valence-corrected chi connectivity index (χ0v) is 11.6. The predicted octanol–water partition coefficient (Wildman–Crippen LogP) is 2.67. The summed E-state index contributed by atoms with van der Waals surface area (Å²) in [4.78, 5) is 0. The quantitative estimate of drug-likeness (QED) is 0.751. The van der Waals surface area contributed by atoms with Crippen molar-refractivity contribution in [3.05, 3.63) is 0 Å². The summed E-state index contributed by atoms with van der Waals surface area (Å²) in [6, 6.07) is 0. The van der Waals surface area contributed by atoms with Crippen molar-refractivity contribution in [3.8, 4) is 0 Å². The molecule has 0 aromatic carbocycles. The van der Waals surface area contributed by atoms with E-state index in [1.54, 1.807) is 40.4 Å². The molecular formula is C7H19AsF2NSi. The van der Waals surface area contributed by atoms with E-state index in [0.717, 1.165) is 0 Å². The van der Waals surface area contributed by atoms with Gasteiger partial charge in [-0.05, 0) is 0 Å². The Bertz CT molecular complexity index is 160. The van der Waals surface area contributed by atoms with Gasteiger partial charge in [-0.15, -0.1) is 0 Å². The predicted molar refractivity (Wildman–Crippen MR) is 54.2 cm³/mol. The maximum absolute atomic E-state index is 13.5. The van der Waals surface area contributed by atoms with Crippen LogP contribution in [0.2, 0.25) is 19.6 Å². The number of nitrogens with one attached hydrogen (secondary N) is 1. The zero-order valence-electron chi connectivity index (χ0n) is 8.70. The van der Waals surface area contributed by atoms with Gasteiger partial charge in [0, 0.05) is 0 Å². The topological polar surface area (TPSA) is 12.0 Å². The minimum atomic E-state index is -4.50. The molecule has 0 unspecified atom stereocenters. The molecule has 0 rings (SSSR count). The fourth-order valence-electron chi connectivity index (χ4n) is 0.589. The first-order chi connectivity index (χ1) is 4.96. The summed E-state index contributed by atoms with van der Waals surface area (Å²) in [5, 5.41) is 0. The first-order valence-corrected chi connectivity index (χ1v) is 12.7. The van der Waals surface area contributed by atoms with E-state index in [2.05, 4.69) is 4.23 Å². The van der Waals surface area contributed by atoms with Gasteiger partial charge in [-0.25, -0.2) is 0 Å². The van der Waals surface area contributed by atoms with Crippen molar-refractivity contribution < 1.29 is 6.93 Å².